The molecule has 0 fully saturated rings. The minimum Gasteiger partial charge on any atom is -0.423 e. The Hall–Kier alpha value is -3.85. The average molecular weight is 408 g/mol. The lowest BCUT2D eigenvalue weighted by Crippen LogP contribution is -2.25. The summed E-state index contributed by atoms with van der Waals surface area (Å²) in [6, 6.07) is 35.7. The minimum absolute atomic E-state index is 0.354. The number of benzene rings is 4. The largest absolute Gasteiger partial charge is 0.423 e. The van der Waals surface area contributed by atoms with Gasteiger partial charge in [-0.05, 0) is 47.9 Å². The third-order valence-electron chi connectivity index (χ3n) is 5.10. The number of anilines is 1. The highest BCUT2D eigenvalue weighted by molar-refractivity contribution is 5.97. The maximum Gasteiger partial charge on any atom is 0.345 e. The molecule has 0 aliphatic heterocycles. The summed E-state index contributed by atoms with van der Waals surface area (Å²) in [7, 11) is 0. The number of rotatable bonds is 7. The summed E-state index contributed by atoms with van der Waals surface area (Å²) in [4.78, 5) is 15.3. The Labute approximate surface area is 183 Å². The Morgan fingerprint density at radius 3 is 1.77 bits per heavy atom. The fourth-order valence-corrected chi connectivity index (χ4v) is 3.56. The first-order valence-corrected chi connectivity index (χ1v) is 10.4. The Kier molecular flexibility index (Phi) is 6.44. The van der Waals surface area contributed by atoms with Crippen molar-refractivity contribution in [3.8, 4) is 5.75 Å². The molecule has 0 bridgehead atoms. The first-order chi connectivity index (χ1) is 15.2. The van der Waals surface area contributed by atoms with Crippen LogP contribution in [0.15, 0.2) is 109 Å². The fraction of sp³-hybridized carbons (Fsp3) is 0.107. The van der Waals surface area contributed by atoms with Gasteiger partial charge in [0.25, 0.3) is 0 Å². The van der Waals surface area contributed by atoms with E-state index in [4.69, 9.17) is 4.74 Å². The molecular weight excluding hydrogens is 382 g/mol. The molecule has 4 aromatic rings. The molecule has 0 atom stereocenters. The Morgan fingerprint density at radius 1 is 0.710 bits per heavy atom. The molecule has 0 spiro atoms. The van der Waals surface area contributed by atoms with Gasteiger partial charge >= 0.3 is 5.97 Å². The number of hydrogen-bond donors (Lipinski definition) is 0. The first-order valence-electron chi connectivity index (χ1n) is 10.4. The van der Waals surface area contributed by atoms with E-state index in [0.717, 1.165) is 11.3 Å². The molecular formula is C28H25NO2. The Bertz CT molecular complexity index is 1080. The Balaban J connectivity index is 1.70. The highest BCUT2D eigenvalue weighted by Gasteiger charge is 2.19. The van der Waals surface area contributed by atoms with E-state index in [9.17, 15) is 4.79 Å². The molecule has 0 radical (unpaired) electrons. The summed E-state index contributed by atoms with van der Waals surface area (Å²) >= 11 is 0. The van der Waals surface area contributed by atoms with Crippen molar-refractivity contribution in [1.82, 2.24) is 0 Å². The van der Waals surface area contributed by atoms with Crippen molar-refractivity contribution in [3.05, 3.63) is 131 Å². The van der Waals surface area contributed by atoms with Crippen LogP contribution in [0.25, 0.3) is 0 Å². The van der Waals surface area contributed by atoms with Gasteiger partial charge in [0, 0.05) is 13.1 Å². The van der Waals surface area contributed by atoms with Crippen LogP contribution >= 0.6 is 0 Å². The zero-order chi connectivity index (χ0) is 21.5. The van der Waals surface area contributed by atoms with Crippen molar-refractivity contribution in [1.29, 1.82) is 0 Å². The first kappa shape index (κ1) is 20.4. The molecule has 0 saturated heterocycles. The van der Waals surface area contributed by atoms with E-state index in [-0.39, 0.29) is 5.97 Å². The molecule has 0 saturated carbocycles. The second-order valence-electron chi connectivity index (χ2n) is 7.55. The lowest BCUT2D eigenvalue weighted by Gasteiger charge is -2.27. The molecule has 0 amide bonds. The standard InChI is InChI=1S/C28H25NO2/c1-22-17-18-26(28(30)31-25-15-9-4-10-16-25)27(19-22)29(20-23-11-5-2-6-12-23)21-24-13-7-3-8-14-24/h2-19H,20-21H2,1H3. The predicted molar refractivity (Wildman–Crippen MR) is 125 cm³/mol. The van der Waals surface area contributed by atoms with Crippen LogP contribution in [-0.4, -0.2) is 5.97 Å². The van der Waals surface area contributed by atoms with Crippen molar-refractivity contribution in [3.63, 3.8) is 0 Å². The maximum absolute atomic E-state index is 13.1. The number of esters is 1. The summed E-state index contributed by atoms with van der Waals surface area (Å²) in [5.74, 6) is 0.184. The number of para-hydroxylation sites is 1. The van der Waals surface area contributed by atoms with Gasteiger partial charge in [0.2, 0.25) is 0 Å². The second-order valence-corrected chi connectivity index (χ2v) is 7.55. The van der Waals surface area contributed by atoms with Crippen molar-refractivity contribution in [2.75, 3.05) is 4.90 Å². The normalized spacial score (nSPS) is 10.5. The molecule has 0 N–H and O–H groups in total. The van der Waals surface area contributed by atoms with Gasteiger partial charge in [0.1, 0.15) is 5.75 Å². The highest BCUT2D eigenvalue weighted by atomic mass is 16.5. The number of carbonyl (C=O) groups is 1. The monoisotopic (exact) mass is 407 g/mol. The van der Waals surface area contributed by atoms with Crippen LogP contribution in [0.2, 0.25) is 0 Å². The van der Waals surface area contributed by atoms with Crippen molar-refractivity contribution < 1.29 is 9.53 Å². The van der Waals surface area contributed by atoms with Gasteiger partial charge in [-0.3, -0.25) is 0 Å². The summed E-state index contributed by atoms with van der Waals surface area (Å²) < 4.78 is 5.67. The van der Waals surface area contributed by atoms with E-state index in [0.29, 0.717) is 24.4 Å². The van der Waals surface area contributed by atoms with Crippen LogP contribution in [0.1, 0.15) is 27.0 Å². The Morgan fingerprint density at radius 2 is 1.23 bits per heavy atom. The summed E-state index contributed by atoms with van der Waals surface area (Å²) in [5, 5.41) is 0. The molecule has 31 heavy (non-hydrogen) atoms. The number of ether oxygens (including phenoxy) is 1. The molecule has 4 aromatic carbocycles. The van der Waals surface area contributed by atoms with Crippen LogP contribution in [0.4, 0.5) is 5.69 Å². The van der Waals surface area contributed by atoms with Crippen LogP contribution in [0, 0.1) is 6.92 Å². The van der Waals surface area contributed by atoms with Crippen molar-refractivity contribution in [2.24, 2.45) is 0 Å². The zero-order valence-corrected chi connectivity index (χ0v) is 17.6. The SMILES string of the molecule is Cc1ccc(C(=O)Oc2ccccc2)c(N(Cc2ccccc2)Cc2ccccc2)c1. The van der Waals surface area contributed by atoms with Gasteiger partial charge in [-0.15, -0.1) is 0 Å². The van der Waals surface area contributed by atoms with Gasteiger partial charge in [-0.25, -0.2) is 4.79 Å². The fourth-order valence-electron chi connectivity index (χ4n) is 3.56. The topological polar surface area (TPSA) is 29.5 Å². The molecule has 0 aliphatic rings. The van der Waals surface area contributed by atoms with E-state index in [1.165, 1.54) is 11.1 Å². The maximum atomic E-state index is 13.1. The summed E-state index contributed by atoms with van der Waals surface area (Å²) in [6.07, 6.45) is 0. The third-order valence-corrected chi connectivity index (χ3v) is 5.10. The van der Waals surface area contributed by atoms with Gasteiger partial charge in [-0.2, -0.15) is 0 Å². The quantitative estimate of drug-likeness (QED) is 0.261. The molecule has 3 heteroatoms. The van der Waals surface area contributed by atoms with Crippen molar-refractivity contribution in [2.45, 2.75) is 20.0 Å². The van der Waals surface area contributed by atoms with Crippen LogP contribution in [-0.2, 0) is 13.1 Å². The number of aryl methyl sites for hydroxylation is 1. The van der Waals surface area contributed by atoms with Crippen LogP contribution in [0.3, 0.4) is 0 Å². The molecule has 3 nitrogen and oxygen atoms in total. The van der Waals surface area contributed by atoms with Gasteiger partial charge in [0.05, 0.1) is 11.3 Å². The summed E-state index contributed by atoms with van der Waals surface area (Å²) in [5.41, 5.74) is 4.89. The zero-order valence-electron chi connectivity index (χ0n) is 17.6. The van der Waals surface area contributed by atoms with E-state index >= 15 is 0 Å². The second kappa shape index (κ2) is 9.77. The minimum atomic E-state index is -0.354. The highest BCUT2D eigenvalue weighted by Crippen LogP contribution is 2.27. The average Bonchev–Trinajstić information content (AvgIpc) is 2.80. The summed E-state index contributed by atoms with van der Waals surface area (Å²) in [6.45, 7) is 3.41. The molecule has 0 unspecified atom stereocenters. The molecule has 4 rings (SSSR count). The van der Waals surface area contributed by atoms with Crippen LogP contribution in [0.5, 0.6) is 5.75 Å². The van der Waals surface area contributed by atoms with E-state index < -0.39 is 0 Å². The van der Waals surface area contributed by atoms with Crippen LogP contribution < -0.4 is 9.64 Å². The lowest BCUT2D eigenvalue weighted by atomic mass is 10.1. The van der Waals surface area contributed by atoms with E-state index in [1.807, 2.05) is 73.7 Å². The van der Waals surface area contributed by atoms with E-state index in [1.54, 1.807) is 12.1 Å². The predicted octanol–water partition coefficient (Wildman–Crippen LogP) is 6.42. The van der Waals surface area contributed by atoms with E-state index in [2.05, 4.69) is 35.2 Å². The molecule has 0 aliphatic carbocycles. The molecule has 0 heterocycles. The van der Waals surface area contributed by atoms with Gasteiger partial charge in [0.15, 0.2) is 0 Å². The number of nitrogens with zero attached hydrogens (tertiary/aromatic N) is 1. The lowest BCUT2D eigenvalue weighted by molar-refractivity contribution is 0.0735. The number of carbonyl (C=O) groups excluding carboxylic acids is 1. The third kappa shape index (κ3) is 5.40. The van der Waals surface area contributed by atoms with Gasteiger partial charge < -0.3 is 9.64 Å². The van der Waals surface area contributed by atoms with Crippen molar-refractivity contribution >= 4 is 11.7 Å². The number of hydrogen-bond acceptors (Lipinski definition) is 3. The smallest absolute Gasteiger partial charge is 0.345 e. The molecule has 154 valence electrons. The molecule has 0 aromatic heterocycles. The van der Waals surface area contributed by atoms with Gasteiger partial charge in [-0.1, -0.05) is 84.9 Å².